The zero-order valence-electron chi connectivity index (χ0n) is 12.9. The Balaban J connectivity index is 1.93. The molecule has 0 fully saturated rings. The summed E-state index contributed by atoms with van der Waals surface area (Å²) in [5, 5.41) is 21.0. The largest absolute Gasteiger partial charge is 0.550 e. The van der Waals surface area contributed by atoms with Gasteiger partial charge in [0.15, 0.2) is 0 Å². The van der Waals surface area contributed by atoms with Gasteiger partial charge in [-0.1, -0.05) is 24.3 Å². The number of hydrogen-bond donors (Lipinski definition) is 1. The van der Waals surface area contributed by atoms with Gasteiger partial charge in [0.1, 0.15) is 10.8 Å². The molecule has 0 spiro atoms. The highest BCUT2D eigenvalue weighted by Crippen LogP contribution is 2.31. The van der Waals surface area contributed by atoms with Crippen molar-refractivity contribution in [1.29, 1.82) is 0 Å². The first-order valence-corrected chi connectivity index (χ1v) is 8.49. The van der Waals surface area contributed by atoms with Crippen molar-refractivity contribution < 1.29 is 15.0 Å². The lowest BCUT2D eigenvalue weighted by molar-refractivity contribution is -0.305. The number of carboxylic acid groups (broad SMARTS) is 1. The number of rotatable bonds is 6. The minimum Gasteiger partial charge on any atom is -0.550 e. The monoisotopic (exact) mass is 338 g/mol. The van der Waals surface area contributed by atoms with E-state index < -0.39 is 5.97 Å². The third-order valence-corrected chi connectivity index (χ3v) is 4.74. The van der Waals surface area contributed by atoms with Gasteiger partial charge in [0.2, 0.25) is 0 Å². The van der Waals surface area contributed by atoms with Crippen LogP contribution in [-0.2, 0) is 4.79 Å². The lowest BCUT2D eigenvalue weighted by Crippen LogP contribution is -2.21. The third kappa shape index (κ3) is 4.00. The summed E-state index contributed by atoms with van der Waals surface area (Å²) >= 11 is 1.59. The van der Waals surface area contributed by atoms with Gasteiger partial charge in [-0.3, -0.25) is 0 Å². The average Bonchev–Trinajstić information content (AvgIpc) is 2.99. The van der Waals surface area contributed by atoms with Gasteiger partial charge in [-0.05, 0) is 60.7 Å². The maximum Gasteiger partial charge on any atom is 0.120 e. The quantitative estimate of drug-likeness (QED) is 0.747. The van der Waals surface area contributed by atoms with Crippen molar-refractivity contribution in [3.63, 3.8) is 0 Å². The van der Waals surface area contributed by atoms with E-state index in [0.29, 0.717) is 12.8 Å². The molecule has 0 radical (unpaired) electrons. The summed E-state index contributed by atoms with van der Waals surface area (Å²) in [6.45, 7) is 0. The van der Waals surface area contributed by atoms with Crippen LogP contribution >= 0.6 is 11.3 Å². The van der Waals surface area contributed by atoms with Crippen molar-refractivity contribution in [3.8, 4) is 5.75 Å². The molecule has 24 heavy (non-hydrogen) atoms. The first-order chi connectivity index (χ1) is 11.6. The Morgan fingerprint density at radius 1 is 1.12 bits per heavy atom. The molecule has 5 heteroatoms. The molecule has 2 aromatic carbocycles. The summed E-state index contributed by atoms with van der Waals surface area (Å²) in [7, 11) is 0. The number of phenolic OH excluding ortho intramolecular Hbond substituents is 1. The molecule has 0 unspecified atom stereocenters. The highest BCUT2D eigenvalue weighted by atomic mass is 32.1. The summed E-state index contributed by atoms with van der Waals surface area (Å²) < 4.78 is 1.10. The summed E-state index contributed by atoms with van der Waals surface area (Å²) in [5.41, 5.74) is 2.87. The zero-order valence-corrected chi connectivity index (χ0v) is 13.8. The van der Waals surface area contributed by atoms with E-state index in [4.69, 9.17) is 0 Å². The molecule has 0 atom stereocenters. The summed E-state index contributed by atoms with van der Waals surface area (Å²) in [6, 6.07) is 14.8. The van der Waals surface area contributed by atoms with Gasteiger partial charge >= 0.3 is 0 Å². The first kappa shape index (κ1) is 16.2. The number of hydrogen-bond acceptors (Lipinski definition) is 5. The second kappa shape index (κ2) is 7.27. The Morgan fingerprint density at radius 3 is 2.58 bits per heavy atom. The number of aromatic nitrogens is 1. The van der Waals surface area contributed by atoms with Crippen molar-refractivity contribution in [2.75, 3.05) is 0 Å². The standard InChI is InChI=1S/C19H17NO3S/c21-15-10-8-13(9-11-15)12-14(4-3-7-18(22)23)19-20-16-5-1-2-6-17(16)24-19/h1-2,5-6,8-12,21H,3-4,7H2,(H,22,23)/p-1/b14-12+. The topological polar surface area (TPSA) is 73.2 Å². The van der Waals surface area contributed by atoms with Crippen molar-refractivity contribution in [2.45, 2.75) is 19.3 Å². The second-order valence-corrected chi connectivity index (χ2v) is 6.50. The summed E-state index contributed by atoms with van der Waals surface area (Å²) in [5.74, 6) is -0.825. The summed E-state index contributed by atoms with van der Waals surface area (Å²) in [4.78, 5) is 15.3. The van der Waals surface area contributed by atoms with E-state index in [-0.39, 0.29) is 12.2 Å². The molecule has 0 saturated carbocycles. The number of nitrogens with zero attached hydrogens (tertiary/aromatic N) is 1. The SMILES string of the molecule is O=C([O-])CCC/C(=C\c1ccc(O)cc1)c1nc2ccccc2s1. The highest BCUT2D eigenvalue weighted by Gasteiger charge is 2.09. The van der Waals surface area contributed by atoms with Gasteiger partial charge < -0.3 is 15.0 Å². The molecule has 3 aromatic rings. The minimum atomic E-state index is -1.04. The number of carbonyl (C=O) groups excluding carboxylic acids is 1. The van der Waals surface area contributed by atoms with Crippen LogP contribution in [0.5, 0.6) is 5.75 Å². The Labute approximate surface area is 143 Å². The fraction of sp³-hybridized carbons (Fsp3) is 0.158. The number of aliphatic carboxylic acids is 1. The molecule has 1 aromatic heterocycles. The van der Waals surface area contributed by atoms with Gasteiger partial charge in [-0.15, -0.1) is 11.3 Å². The molecule has 4 nitrogen and oxygen atoms in total. The van der Waals surface area contributed by atoms with Crippen LogP contribution in [0, 0.1) is 0 Å². The molecule has 1 N–H and O–H groups in total. The van der Waals surface area contributed by atoms with E-state index in [1.54, 1.807) is 23.5 Å². The van der Waals surface area contributed by atoms with E-state index in [1.807, 2.05) is 42.5 Å². The van der Waals surface area contributed by atoms with E-state index >= 15 is 0 Å². The number of aromatic hydroxyl groups is 1. The van der Waals surface area contributed by atoms with Crippen LogP contribution < -0.4 is 5.11 Å². The zero-order chi connectivity index (χ0) is 16.9. The second-order valence-electron chi connectivity index (χ2n) is 5.47. The normalized spacial score (nSPS) is 11.8. The van der Waals surface area contributed by atoms with Crippen LogP contribution in [0.2, 0.25) is 0 Å². The minimum absolute atomic E-state index is 0.0256. The molecule has 0 aliphatic heterocycles. The Morgan fingerprint density at radius 2 is 1.88 bits per heavy atom. The molecule has 1 heterocycles. The number of para-hydroxylation sites is 1. The number of carboxylic acids is 1. The fourth-order valence-electron chi connectivity index (χ4n) is 2.45. The average molecular weight is 338 g/mol. The molecule has 0 bridgehead atoms. The van der Waals surface area contributed by atoms with Crippen molar-refractivity contribution in [1.82, 2.24) is 4.98 Å². The number of allylic oxidation sites excluding steroid dienone is 1. The maximum absolute atomic E-state index is 10.7. The van der Waals surface area contributed by atoms with Crippen LogP contribution in [0.4, 0.5) is 0 Å². The predicted molar refractivity (Wildman–Crippen MR) is 94.5 cm³/mol. The number of thiazole rings is 1. The predicted octanol–water partition coefficient (Wildman–Crippen LogP) is 3.46. The molecular formula is C19H16NO3S-. The number of benzene rings is 2. The van der Waals surface area contributed by atoms with Gasteiger partial charge in [0.05, 0.1) is 10.2 Å². The fourth-order valence-corrected chi connectivity index (χ4v) is 3.45. The van der Waals surface area contributed by atoms with Gasteiger partial charge in [-0.2, -0.15) is 0 Å². The van der Waals surface area contributed by atoms with Crippen molar-refractivity contribution in [2.24, 2.45) is 0 Å². The molecule has 3 rings (SSSR count). The van der Waals surface area contributed by atoms with Gasteiger partial charge in [0, 0.05) is 5.97 Å². The van der Waals surface area contributed by atoms with Gasteiger partial charge in [0.25, 0.3) is 0 Å². The highest BCUT2D eigenvalue weighted by molar-refractivity contribution is 7.19. The van der Waals surface area contributed by atoms with Crippen LogP contribution in [0.1, 0.15) is 29.8 Å². The van der Waals surface area contributed by atoms with Crippen molar-refractivity contribution in [3.05, 3.63) is 59.1 Å². The Hall–Kier alpha value is -2.66. The molecular weight excluding hydrogens is 322 g/mol. The van der Waals surface area contributed by atoms with Crippen LogP contribution in [0.3, 0.4) is 0 Å². The maximum atomic E-state index is 10.7. The Bertz CT molecular complexity index is 848. The molecule has 0 aliphatic carbocycles. The lowest BCUT2D eigenvalue weighted by Gasteiger charge is -2.06. The van der Waals surface area contributed by atoms with E-state index in [2.05, 4.69) is 4.98 Å². The smallest absolute Gasteiger partial charge is 0.120 e. The lowest BCUT2D eigenvalue weighted by atomic mass is 10.1. The summed E-state index contributed by atoms with van der Waals surface area (Å²) in [6.07, 6.45) is 3.13. The van der Waals surface area contributed by atoms with Crippen LogP contribution in [0.15, 0.2) is 48.5 Å². The molecule has 0 saturated heterocycles. The molecule has 0 amide bonds. The molecule has 122 valence electrons. The van der Waals surface area contributed by atoms with E-state index in [0.717, 1.165) is 26.4 Å². The first-order valence-electron chi connectivity index (χ1n) is 7.67. The van der Waals surface area contributed by atoms with E-state index in [9.17, 15) is 15.0 Å². The number of phenols is 1. The van der Waals surface area contributed by atoms with E-state index in [1.165, 1.54) is 0 Å². The number of carbonyl (C=O) groups is 1. The third-order valence-electron chi connectivity index (χ3n) is 3.63. The van der Waals surface area contributed by atoms with Crippen LogP contribution in [0.25, 0.3) is 21.9 Å². The van der Waals surface area contributed by atoms with Gasteiger partial charge in [-0.25, -0.2) is 4.98 Å². The number of fused-ring (bicyclic) bond motifs is 1. The molecule has 0 aliphatic rings. The van der Waals surface area contributed by atoms with Crippen LogP contribution in [-0.4, -0.2) is 16.1 Å². The Kier molecular flexibility index (Phi) is 4.91. The van der Waals surface area contributed by atoms with Crippen molar-refractivity contribution >= 4 is 39.2 Å².